The van der Waals surface area contributed by atoms with Crippen molar-refractivity contribution in [1.82, 2.24) is 10.2 Å². The number of hydrogen-bond acceptors (Lipinski definition) is 3. The maximum Gasteiger partial charge on any atom is 0.0791 e. The summed E-state index contributed by atoms with van der Waals surface area (Å²) in [6.07, 6.45) is 3.60. The first-order chi connectivity index (χ1) is 7.22. The smallest absolute Gasteiger partial charge is 0.0791 e. The number of hydrogen-bond donors (Lipinski definition) is 2. The van der Waals surface area contributed by atoms with E-state index in [1.165, 1.54) is 32.4 Å². The van der Waals surface area contributed by atoms with Crippen LogP contribution >= 0.6 is 0 Å². The molecule has 0 bridgehead atoms. The number of likely N-dealkylation sites (tertiary alicyclic amines) is 1. The highest BCUT2D eigenvalue weighted by Gasteiger charge is 2.15. The van der Waals surface area contributed by atoms with Gasteiger partial charge in [0.15, 0.2) is 0 Å². The monoisotopic (exact) mass is 214 g/mol. The van der Waals surface area contributed by atoms with Gasteiger partial charge in [0.1, 0.15) is 0 Å². The van der Waals surface area contributed by atoms with Crippen molar-refractivity contribution in [3.8, 4) is 0 Å². The van der Waals surface area contributed by atoms with Gasteiger partial charge in [-0.15, -0.1) is 0 Å². The van der Waals surface area contributed by atoms with Crippen LogP contribution in [-0.2, 0) is 0 Å². The summed E-state index contributed by atoms with van der Waals surface area (Å²) >= 11 is 0. The summed E-state index contributed by atoms with van der Waals surface area (Å²) in [4.78, 5) is 2.36. The molecule has 3 heteroatoms. The lowest BCUT2D eigenvalue weighted by Crippen LogP contribution is -2.38. The SMILES string of the molecule is CCC(C)CNCC(O)CN1CCCC1. The summed E-state index contributed by atoms with van der Waals surface area (Å²) in [6, 6.07) is 0. The van der Waals surface area contributed by atoms with E-state index in [1.54, 1.807) is 0 Å². The standard InChI is InChI=1S/C12H26N2O/c1-3-11(2)8-13-9-12(15)10-14-6-4-5-7-14/h11-13,15H,3-10H2,1-2H3. The first-order valence-corrected chi connectivity index (χ1v) is 6.33. The molecule has 0 aromatic rings. The van der Waals surface area contributed by atoms with E-state index >= 15 is 0 Å². The zero-order valence-electron chi connectivity index (χ0n) is 10.2. The van der Waals surface area contributed by atoms with Gasteiger partial charge in [-0.25, -0.2) is 0 Å². The van der Waals surface area contributed by atoms with Gasteiger partial charge in [-0.3, -0.25) is 0 Å². The molecule has 0 radical (unpaired) electrons. The number of nitrogens with one attached hydrogen (secondary N) is 1. The van der Waals surface area contributed by atoms with Crippen molar-refractivity contribution in [3.05, 3.63) is 0 Å². The molecule has 0 aromatic heterocycles. The Bertz CT molecular complexity index is 158. The van der Waals surface area contributed by atoms with Crippen LogP contribution in [0.1, 0.15) is 33.1 Å². The predicted molar refractivity (Wildman–Crippen MR) is 64.0 cm³/mol. The van der Waals surface area contributed by atoms with Crippen LogP contribution in [0.15, 0.2) is 0 Å². The lowest BCUT2D eigenvalue weighted by atomic mass is 10.1. The zero-order valence-corrected chi connectivity index (χ0v) is 10.2. The Morgan fingerprint density at radius 1 is 1.27 bits per heavy atom. The Hall–Kier alpha value is -0.120. The first kappa shape index (κ1) is 12.9. The fraction of sp³-hybridized carbons (Fsp3) is 1.00. The summed E-state index contributed by atoms with van der Waals surface area (Å²) < 4.78 is 0. The second-order valence-electron chi connectivity index (χ2n) is 4.83. The number of nitrogens with zero attached hydrogens (tertiary/aromatic N) is 1. The summed E-state index contributed by atoms with van der Waals surface area (Å²) in [7, 11) is 0. The molecule has 0 aromatic carbocycles. The molecule has 0 amide bonds. The quantitative estimate of drug-likeness (QED) is 0.665. The summed E-state index contributed by atoms with van der Waals surface area (Å²) in [5.41, 5.74) is 0. The third kappa shape index (κ3) is 5.50. The Labute approximate surface area is 93.9 Å². The van der Waals surface area contributed by atoms with Crippen LogP contribution in [0, 0.1) is 5.92 Å². The molecule has 90 valence electrons. The van der Waals surface area contributed by atoms with Crippen LogP contribution in [0.3, 0.4) is 0 Å². The Balaban J connectivity index is 2.00. The van der Waals surface area contributed by atoms with E-state index < -0.39 is 0 Å². The molecule has 2 N–H and O–H groups in total. The third-order valence-corrected chi connectivity index (χ3v) is 3.24. The molecule has 1 aliphatic heterocycles. The average molecular weight is 214 g/mol. The predicted octanol–water partition coefficient (Wildman–Crippen LogP) is 1.08. The van der Waals surface area contributed by atoms with Crippen molar-refractivity contribution in [1.29, 1.82) is 0 Å². The Morgan fingerprint density at radius 2 is 1.93 bits per heavy atom. The maximum absolute atomic E-state index is 9.79. The molecule has 1 rings (SSSR count). The van der Waals surface area contributed by atoms with Crippen molar-refractivity contribution in [2.24, 2.45) is 5.92 Å². The van der Waals surface area contributed by atoms with Crippen molar-refractivity contribution in [2.45, 2.75) is 39.2 Å². The highest BCUT2D eigenvalue weighted by atomic mass is 16.3. The van der Waals surface area contributed by atoms with Gasteiger partial charge in [0.25, 0.3) is 0 Å². The van der Waals surface area contributed by atoms with Gasteiger partial charge < -0.3 is 15.3 Å². The number of aliphatic hydroxyl groups is 1. The van der Waals surface area contributed by atoms with Gasteiger partial charge in [-0.1, -0.05) is 20.3 Å². The molecule has 2 atom stereocenters. The molecule has 0 spiro atoms. The van der Waals surface area contributed by atoms with Crippen LogP contribution < -0.4 is 5.32 Å². The number of aliphatic hydroxyl groups excluding tert-OH is 1. The van der Waals surface area contributed by atoms with Crippen molar-refractivity contribution in [3.63, 3.8) is 0 Å². The van der Waals surface area contributed by atoms with Gasteiger partial charge in [0, 0.05) is 13.1 Å². The van der Waals surface area contributed by atoms with E-state index in [0.717, 1.165) is 19.6 Å². The van der Waals surface area contributed by atoms with E-state index in [-0.39, 0.29) is 6.10 Å². The molecule has 1 saturated heterocycles. The number of β-amino-alcohol motifs (C(OH)–C–C–N with tert-alkyl or cyclic N) is 1. The minimum Gasteiger partial charge on any atom is -0.390 e. The highest BCUT2D eigenvalue weighted by Crippen LogP contribution is 2.07. The first-order valence-electron chi connectivity index (χ1n) is 6.33. The minimum absolute atomic E-state index is 0.202. The van der Waals surface area contributed by atoms with Crippen LogP contribution in [-0.4, -0.2) is 48.8 Å². The van der Waals surface area contributed by atoms with Crippen LogP contribution in [0.4, 0.5) is 0 Å². The molecule has 2 unspecified atom stereocenters. The zero-order chi connectivity index (χ0) is 11.1. The van der Waals surface area contributed by atoms with E-state index in [9.17, 15) is 5.11 Å². The Kier molecular flexibility index (Phi) is 6.22. The third-order valence-electron chi connectivity index (χ3n) is 3.24. The molecule has 15 heavy (non-hydrogen) atoms. The van der Waals surface area contributed by atoms with Crippen molar-refractivity contribution >= 4 is 0 Å². The molecule has 3 nitrogen and oxygen atoms in total. The summed E-state index contributed by atoms with van der Waals surface area (Å²) in [5, 5.41) is 13.1. The van der Waals surface area contributed by atoms with Crippen molar-refractivity contribution < 1.29 is 5.11 Å². The maximum atomic E-state index is 9.79. The lowest BCUT2D eigenvalue weighted by molar-refractivity contribution is 0.122. The lowest BCUT2D eigenvalue weighted by Gasteiger charge is -2.20. The Morgan fingerprint density at radius 3 is 2.53 bits per heavy atom. The van der Waals surface area contributed by atoms with E-state index in [4.69, 9.17) is 0 Å². The normalized spacial score (nSPS) is 21.8. The molecule has 0 saturated carbocycles. The molecule has 0 aliphatic carbocycles. The van der Waals surface area contributed by atoms with Crippen LogP contribution in [0.5, 0.6) is 0 Å². The van der Waals surface area contributed by atoms with Crippen molar-refractivity contribution in [2.75, 3.05) is 32.7 Å². The van der Waals surface area contributed by atoms with Gasteiger partial charge in [0.2, 0.25) is 0 Å². The molecule has 1 aliphatic rings. The van der Waals surface area contributed by atoms with Crippen LogP contribution in [0.2, 0.25) is 0 Å². The van der Waals surface area contributed by atoms with Gasteiger partial charge in [-0.05, 0) is 38.4 Å². The van der Waals surface area contributed by atoms with E-state index in [1.807, 2.05) is 0 Å². The fourth-order valence-electron chi connectivity index (χ4n) is 1.97. The van der Waals surface area contributed by atoms with Gasteiger partial charge >= 0.3 is 0 Å². The molecular formula is C12H26N2O. The second kappa shape index (κ2) is 7.20. The fourth-order valence-corrected chi connectivity index (χ4v) is 1.97. The highest BCUT2D eigenvalue weighted by molar-refractivity contribution is 4.71. The second-order valence-corrected chi connectivity index (χ2v) is 4.83. The number of rotatable bonds is 7. The summed E-state index contributed by atoms with van der Waals surface area (Å²) in [5.74, 6) is 0.712. The molecule has 1 fully saturated rings. The summed E-state index contributed by atoms with van der Waals surface area (Å²) in [6.45, 7) is 9.37. The largest absolute Gasteiger partial charge is 0.390 e. The van der Waals surface area contributed by atoms with E-state index in [0.29, 0.717) is 5.92 Å². The molecule has 1 heterocycles. The minimum atomic E-state index is -0.202. The molecular weight excluding hydrogens is 188 g/mol. The van der Waals surface area contributed by atoms with E-state index in [2.05, 4.69) is 24.1 Å². The van der Waals surface area contributed by atoms with Gasteiger partial charge in [-0.2, -0.15) is 0 Å². The van der Waals surface area contributed by atoms with Gasteiger partial charge in [0.05, 0.1) is 6.10 Å². The average Bonchev–Trinajstić information content (AvgIpc) is 2.70. The topological polar surface area (TPSA) is 35.5 Å². The van der Waals surface area contributed by atoms with Crippen LogP contribution in [0.25, 0.3) is 0 Å².